The largest absolute Gasteiger partial charge is 0.492 e. The zero-order valence-electron chi connectivity index (χ0n) is 13.5. The predicted molar refractivity (Wildman–Crippen MR) is 105 cm³/mol. The molecule has 0 amide bonds. The molecule has 1 aromatic heterocycles. The molecule has 3 rings (SSSR count). The molecule has 0 fully saturated rings. The first-order valence-corrected chi connectivity index (χ1v) is 8.39. The van der Waals surface area contributed by atoms with Crippen LogP contribution in [0.3, 0.4) is 0 Å². The van der Waals surface area contributed by atoms with Crippen molar-refractivity contribution in [2.75, 3.05) is 11.9 Å². The number of hydrogen-bond donors (Lipinski definition) is 1. The van der Waals surface area contributed by atoms with Gasteiger partial charge < -0.3 is 10.1 Å². The van der Waals surface area contributed by atoms with E-state index in [1.54, 1.807) is 0 Å². The number of nitrogens with one attached hydrogen (secondary N) is 1. The number of thiazole rings is 1. The van der Waals surface area contributed by atoms with Gasteiger partial charge in [-0.3, -0.25) is 4.79 Å². The summed E-state index contributed by atoms with van der Waals surface area (Å²) in [5.41, 5.74) is 1.53. The molecule has 0 aliphatic rings. The number of anilines is 1. The summed E-state index contributed by atoms with van der Waals surface area (Å²) in [5, 5.41) is 3.93. The second-order valence-electron chi connectivity index (χ2n) is 5.15. The van der Waals surface area contributed by atoms with E-state index in [0.29, 0.717) is 12.2 Å². The summed E-state index contributed by atoms with van der Waals surface area (Å²) < 4.78 is 6.64. The highest BCUT2D eigenvalue weighted by atomic mass is 79.9. The number of carbonyl (C=O) groups is 1. The molecule has 6 heteroatoms. The number of rotatable bonds is 6. The lowest BCUT2D eigenvalue weighted by atomic mass is 10.1. The van der Waals surface area contributed by atoms with E-state index >= 15 is 0 Å². The van der Waals surface area contributed by atoms with E-state index in [0.717, 1.165) is 21.1 Å². The molecule has 0 radical (unpaired) electrons. The maximum Gasteiger partial charge on any atom is 0.184 e. The molecule has 0 bridgehead atoms. The number of aromatic nitrogens is 1. The van der Waals surface area contributed by atoms with Crippen molar-refractivity contribution in [2.45, 2.75) is 19.9 Å². The first kappa shape index (κ1) is 18.4. The van der Waals surface area contributed by atoms with Crippen LogP contribution in [-0.2, 0) is 0 Å². The maximum atomic E-state index is 12.4. The van der Waals surface area contributed by atoms with Gasteiger partial charge in [-0.15, -0.1) is 17.0 Å². The minimum atomic E-state index is -0.339. The van der Waals surface area contributed by atoms with E-state index in [2.05, 4.69) is 10.3 Å². The van der Waals surface area contributed by atoms with Crippen LogP contribution in [0.25, 0.3) is 10.2 Å². The van der Waals surface area contributed by atoms with Gasteiger partial charge in [-0.1, -0.05) is 47.7 Å². The van der Waals surface area contributed by atoms with Gasteiger partial charge >= 0.3 is 0 Å². The van der Waals surface area contributed by atoms with Crippen molar-refractivity contribution < 1.29 is 9.53 Å². The third-order valence-electron chi connectivity index (χ3n) is 3.47. The molecule has 1 atom stereocenters. The summed E-state index contributed by atoms with van der Waals surface area (Å²) in [6, 6.07) is 14.8. The number of ketones is 1. The molecule has 0 aliphatic heterocycles. The first-order chi connectivity index (χ1) is 11.2. The van der Waals surface area contributed by atoms with Gasteiger partial charge in [0.1, 0.15) is 11.3 Å². The topological polar surface area (TPSA) is 51.2 Å². The molecule has 0 saturated carbocycles. The Labute approximate surface area is 155 Å². The van der Waals surface area contributed by atoms with Gasteiger partial charge in [-0.25, -0.2) is 4.98 Å². The molecule has 1 heterocycles. The van der Waals surface area contributed by atoms with Gasteiger partial charge in [0.25, 0.3) is 0 Å². The number of nitrogens with zero attached hydrogens (tertiary/aromatic N) is 1. The molecule has 3 aromatic rings. The van der Waals surface area contributed by atoms with Crippen molar-refractivity contribution in [2.24, 2.45) is 0 Å². The number of halogens is 1. The van der Waals surface area contributed by atoms with Crippen LogP contribution in [0.1, 0.15) is 24.2 Å². The van der Waals surface area contributed by atoms with Gasteiger partial charge in [0.15, 0.2) is 10.9 Å². The summed E-state index contributed by atoms with van der Waals surface area (Å²) in [7, 11) is 0. The Morgan fingerprint density at radius 1 is 1.21 bits per heavy atom. The summed E-state index contributed by atoms with van der Waals surface area (Å²) in [6.07, 6.45) is 0. The smallest absolute Gasteiger partial charge is 0.184 e. The Hall–Kier alpha value is -1.92. The molecule has 24 heavy (non-hydrogen) atoms. The van der Waals surface area contributed by atoms with Crippen LogP contribution in [0.5, 0.6) is 5.75 Å². The van der Waals surface area contributed by atoms with Crippen molar-refractivity contribution in [1.82, 2.24) is 4.98 Å². The molecule has 1 N–H and O–H groups in total. The molecule has 0 aliphatic carbocycles. The molecule has 0 saturated heterocycles. The van der Waals surface area contributed by atoms with Crippen molar-refractivity contribution in [3.8, 4) is 5.75 Å². The lowest BCUT2D eigenvalue weighted by molar-refractivity contribution is 0.0975. The van der Waals surface area contributed by atoms with Crippen LogP contribution in [0.2, 0.25) is 0 Å². The fourth-order valence-corrected chi connectivity index (χ4v) is 3.33. The summed E-state index contributed by atoms with van der Waals surface area (Å²) in [5.74, 6) is 0.825. The minimum Gasteiger partial charge on any atom is -0.492 e. The summed E-state index contributed by atoms with van der Waals surface area (Å²) in [4.78, 5) is 17.0. The highest BCUT2D eigenvalue weighted by Gasteiger charge is 2.17. The van der Waals surface area contributed by atoms with Crippen molar-refractivity contribution in [3.63, 3.8) is 0 Å². The van der Waals surface area contributed by atoms with Crippen molar-refractivity contribution in [3.05, 3.63) is 54.1 Å². The highest BCUT2D eigenvalue weighted by Crippen LogP contribution is 2.32. The van der Waals surface area contributed by atoms with Gasteiger partial charge in [-0.2, -0.15) is 0 Å². The van der Waals surface area contributed by atoms with Crippen molar-refractivity contribution in [1.29, 1.82) is 0 Å². The third kappa shape index (κ3) is 3.94. The molecular weight excluding hydrogens is 388 g/mol. The monoisotopic (exact) mass is 406 g/mol. The van der Waals surface area contributed by atoms with Crippen LogP contribution in [-0.4, -0.2) is 23.4 Å². The molecular formula is C18H19BrN2O2S. The molecule has 1 unspecified atom stereocenters. The lowest BCUT2D eigenvalue weighted by Crippen LogP contribution is -2.26. The predicted octanol–water partition coefficient (Wildman–Crippen LogP) is 4.96. The number of benzene rings is 2. The van der Waals surface area contributed by atoms with Gasteiger partial charge in [0.05, 0.1) is 17.3 Å². The summed E-state index contributed by atoms with van der Waals surface area (Å²) >= 11 is 1.52. The van der Waals surface area contributed by atoms with Crippen LogP contribution in [0.15, 0.2) is 48.5 Å². The number of Topliss-reactive ketones (excluding diaryl/α,β-unsaturated/α-hetero) is 1. The average molecular weight is 407 g/mol. The quantitative estimate of drug-likeness (QED) is 0.587. The number of ether oxygens (including phenoxy) is 1. The zero-order chi connectivity index (χ0) is 16.2. The third-order valence-corrected chi connectivity index (χ3v) is 4.43. The second kappa shape index (κ2) is 8.26. The van der Waals surface area contributed by atoms with E-state index in [1.807, 2.05) is 62.4 Å². The Kier molecular flexibility index (Phi) is 6.34. The Morgan fingerprint density at radius 2 is 1.96 bits per heavy atom. The fraction of sp³-hybridized carbons (Fsp3) is 0.222. The normalized spacial score (nSPS) is 11.6. The minimum absolute atomic E-state index is 0. The first-order valence-electron chi connectivity index (χ1n) is 7.57. The Bertz CT molecular complexity index is 820. The zero-order valence-corrected chi connectivity index (χ0v) is 16.0. The van der Waals surface area contributed by atoms with E-state index in [4.69, 9.17) is 4.74 Å². The van der Waals surface area contributed by atoms with Gasteiger partial charge in [0, 0.05) is 5.56 Å². The highest BCUT2D eigenvalue weighted by molar-refractivity contribution is 8.93. The van der Waals surface area contributed by atoms with Crippen LogP contribution >= 0.6 is 28.3 Å². The molecule has 4 nitrogen and oxygen atoms in total. The number of para-hydroxylation sites is 1. The molecule has 0 spiro atoms. The Morgan fingerprint density at radius 3 is 2.67 bits per heavy atom. The SMILES string of the molecule is Br.CCOc1cccc2sc(NC(C)C(=O)c3ccccc3)nc12. The van der Waals surface area contributed by atoms with E-state index in [-0.39, 0.29) is 28.8 Å². The van der Waals surface area contributed by atoms with Crippen LogP contribution in [0.4, 0.5) is 5.13 Å². The van der Waals surface area contributed by atoms with Gasteiger partial charge in [0.2, 0.25) is 0 Å². The lowest BCUT2D eigenvalue weighted by Gasteiger charge is -2.11. The maximum absolute atomic E-state index is 12.4. The second-order valence-corrected chi connectivity index (χ2v) is 6.18. The van der Waals surface area contributed by atoms with Crippen LogP contribution in [0, 0.1) is 0 Å². The number of fused-ring (bicyclic) bond motifs is 1. The number of carbonyl (C=O) groups excluding carboxylic acids is 1. The van der Waals surface area contributed by atoms with Crippen LogP contribution < -0.4 is 10.1 Å². The van der Waals surface area contributed by atoms with E-state index in [1.165, 1.54) is 11.3 Å². The molecule has 126 valence electrons. The van der Waals surface area contributed by atoms with Crippen molar-refractivity contribution >= 4 is 49.4 Å². The average Bonchev–Trinajstić information content (AvgIpc) is 2.98. The standard InChI is InChI=1S/C18H18N2O2S.BrH/c1-3-22-14-10-7-11-15-16(14)20-18(23-15)19-12(2)17(21)13-8-5-4-6-9-13;/h4-12H,3H2,1-2H3,(H,19,20);1H. The fourth-order valence-electron chi connectivity index (χ4n) is 2.36. The molecule has 2 aromatic carbocycles. The van der Waals surface area contributed by atoms with Gasteiger partial charge in [-0.05, 0) is 26.0 Å². The van der Waals surface area contributed by atoms with E-state index in [9.17, 15) is 4.79 Å². The van der Waals surface area contributed by atoms with E-state index < -0.39 is 0 Å². The number of hydrogen-bond acceptors (Lipinski definition) is 5. The Balaban J connectivity index is 0.00000208. The summed E-state index contributed by atoms with van der Waals surface area (Å²) in [6.45, 7) is 4.40.